The van der Waals surface area contributed by atoms with E-state index >= 15 is 0 Å². The summed E-state index contributed by atoms with van der Waals surface area (Å²) >= 11 is 0. The van der Waals surface area contributed by atoms with Gasteiger partial charge in [0.15, 0.2) is 5.76 Å². The molecule has 0 aliphatic heterocycles. The Morgan fingerprint density at radius 1 is 1.07 bits per heavy atom. The lowest BCUT2D eigenvalue weighted by Gasteiger charge is -2.06. The van der Waals surface area contributed by atoms with E-state index in [0.717, 1.165) is 22.8 Å². The summed E-state index contributed by atoms with van der Waals surface area (Å²) < 4.78 is 16.1. The number of aromatic nitrogens is 1. The molecule has 6 nitrogen and oxygen atoms in total. The van der Waals surface area contributed by atoms with E-state index in [0.29, 0.717) is 31.8 Å². The third-order valence-electron chi connectivity index (χ3n) is 3.96. The van der Waals surface area contributed by atoms with Crippen LogP contribution in [0.25, 0.3) is 11.3 Å². The number of benzene rings is 2. The van der Waals surface area contributed by atoms with Gasteiger partial charge in [0.2, 0.25) is 5.91 Å². The zero-order chi connectivity index (χ0) is 18.9. The molecule has 140 valence electrons. The molecule has 0 atom stereocenters. The fourth-order valence-electron chi connectivity index (χ4n) is 2.54. The van der Waals surface area contributed by atoms with Crippen LogP contribution in [0.3, 0.4) is 0 Å². The Labute approximate surface area is 158 Å². The molecule has 1 amide bonds. The van der Waals surface area contributed by atoms with Crippen molar-refractivity contribution in [2.75, 3.05) is 20.3 Å². The fraction of sp³-hybridized carbons (Fsp3) is 0.238. The first-order valence-corrected chi connectivity index (χ1v) is 8.79. The summed E-state index contributed by atoms with van der Waals surface area (Å²) in [5, 5.41) is 6.92. The van der Waals surface area contributed by atoms with Crippen molar-refractivity contribution in [3.8, 4) is 22.8 Å². The van der Waals surface area contributed by atoms with Crippen molar-refractivity contribution >= 4 is 5.91 Å². The van der Waals surface area contributed by atoms with Crippen LogP contribution in [0.1, 0.15) is 12.1 Å². The molecule has 1 aromatic heterocycles. The maximum absolute atomic E-state index is 11.9. The quantitative estimate of drug-likeness (QED) is 0.628. The number of nitrogens with one attached hydrogen (secondary N) is 1. The molecular weight excluding hydrogens is 344 g/mol. The Morgan fingerprint density at radius 3 is 2.70 bits per heavy atom. The van der Waals surface area contributed by atoms with Crippen molar-refractivity contribution in [1.82, 2.24) is 10.5 Å². The predicted octanol–water partition coefficient (Wildman–Crippen LogP) is 3.48. The van der Waals surface area contributed by atoms with Gasteiger partial charge in [-0.2, -0.15) is 0 Å². The molecule has 0 aliphatic rings. The van der Waals surface area contributed by atoms with Crippen molar-refractivity contribution in [2.24, 2.45) is 0 Å². The largest absolute Gasteiger partial charge is 0.497 e. The number of rotatable bonds is 9. The van der Waals surface area contributed by atoms with Crippen LogP contribution in [0.5, 0.6) is 11.5 Å². The lowest BCUT2D eigenvalue weighted by Crippen LogP contribution is -2.27. The minimum Gasteiger partial charge on any atom is -0.497 e. The molecule has 27 heavy (non-hydrogen) atoms. The average Bonchev–Trinajstić information content (AvgIpc) is 3.18. The molecule has 0 spiro atoms. The molecule has 0 unspecified atom stereocenters. The number of hydrogen-bond donors (Lipinski definition) is 1. The van der Waals surface area contributed by atoms with Crippen molar-refractivity contribution in [1.29, 1.82) is 0 Å². The SMILES string of the molecule is COc1cccc(-c2cc(CCNC(=O)CCOc3ccccc3)no2)c1. The Morgan fingerprint density at radius 2 is 1.89 bits per heavy atom. The molecule has 2 aromatic carbocycles. The summed E-state index contributed by atoms with van der Waals surface area (Å²) in [5.41, 5.74) is 1.68. The van der Waals surface area contributed by atoms with Gasteiger partial charge in [0.1, 0.15) is 11.5 Å². The van der Waals surface area contributed by atoms with Crippen LogP contribution >= 0.6 is 0 Å². The number of para-hydroxylation sites is 1. The average molecular weight is 366 g/mol. The van der Waals surface area contributed by atoms with Crippen molar-refractivity contribution < 1.29 is 18.8 Å². The van der Waals surface area contributed by atoms with E-state index in [2.05, 4.69) is 10.5 Å². The number of carbonyl (C=O) groups excluding carboxylic acids is 1. The number of ether oxygens (including phenoxy) is 2. The second-order valence-corrected chi connectivity index (χ2v) is 5.93. The lowest BCUT2D eigenvalue weighted by atomic mass is 10.1. The zero-order valence-electron chi connectivity index (χ0n) is 15.2. The van der Waals surface area contributed by atoms with Crippen LogP contribution in [-0.4, -0.2) is 31.3 Å². The molecule has 3 rings (SSSR count). The first-order valence-electron chi connectivity index (χ1n) is 8.79. The van der Waals surface area contributed by atoms with Gasteiger partial charge in [-0.1, -0.05) is 35.5 Å². The number of amides is 1. The standard InChI is InChI=1S/C21H22N2O4/c1-25-19-9-5-6-16(14-19)20-15-17(23-27-20)10-12-22-21(24)11-13-26-18-7-3-2-4-8-18/h2-9,14-15H,10-13H2,1H3,(H,22,24). The van der Waals surface area contributed by atoms with Gasteiger partial charge in [-0.15, -0.1) is 0 Å². The monoisotopic (exact) mass is 366 g/mol. The van der Waals surface area contributed by atoms with Crippen LogP contribution in [-0.2, 0) is 11.2 Å². The number of hydrogen-bond acceptors (Lipinski definition) is 5. The minimum atomic E-state index is -0.0533. The maximum Gasteiger partial charge on any atom is 0.223 e. The smallest absolute Gasteiger partial charge is 0.223 e. The van der Waals surface area contributed by atoms with E-state index in [9.17, 15) is 4.79 Å². The van der Waals surface area contributed by atoms with E-state index < -0.39 is 0 Å². The molecule has 0 aliphatic carbocycles. The van der Waals surface area contributed by atoms with Crippen LogP contribution in [0, 0.1) is 0 Å². The van der Waals surface area contributed by atoms with Gasteiger partial charge >= 0.3 is 0 Å². The highest BCUT2D eigenvalue weighted by Crippen LogP contribution is 2.24. The van der Waals surface area contributed by atoms with Gasteiger partial charge < -0.3 is 19.3 Å². The van der Waals surface area contributed by atoms with Gasteiger partial charge in [-0.25, -0.2) is 0 Å². The molecule has 0 radical (unpaired) electrons. The van der Waals surface area contributed by atoms with Crippen molar-refractivity contribution in [3.63, 3.8) is 0 Å². The van der Waals surface area contributed by atoms with Crippen LogP contribution < -0.4 is 14.8 Å². The van der Waals surface area contributed by atoms with Crippen molar-refractivity contribution in [2.45, 2.75) is 12.8 Å². The topological polar surface area (TPSA) is 73.6 Å². The van der Waals surface area contributed by atoms with Gasteiger partial charge in [-0.3, -0.25) is 4.79 Å². The maximum atomic E-state index is 11.9. The first-order chi connectivity index (χ1) is 13.2. The minimum absolute atomic E-state index is 0.0533. The summed E-state index contributed by atoms with van der Waals surface area (Å²) in [6, 6.07) is 18.9. The van der Waals surface area contributed by atoms with Gasteiger partial charge in [-0.05, 0) is 24.3 Å². The fourth-order valence-corrected chi connectivity index (χ4v) is 2.54. The van der Waals surface area contributed by atoms with Gasteiger partial charge in [0.05, 0.1) is 25.8 Å². The normalized spacial score (nSPS) is 10.4. The van der Waals surface area contributed by atoms with Gasteiger partial charge in [0.25, 0.3) is 0 Å². The van der Waals surface area contributed by atoms with E-state index in [-0.39, 0.29) is 5.91 Å². The lowest BCUT2D eigenvalue weighted by molar-refractivity contribution is -0.121. The van der Waals surface area contributed by atoms with Crippen LogP contribution in [0.2, 0.25) is 0 Å². The Hall–Kier alpha value is -3.28. The third kappa shape index (κ3) is 5.60. The van der Waals surface area contributed by atoms with Crippen LogP contribution in [0.15, 0.2) is 65.2 Å². The number of carbonyl (C=O) groups is 1. The van der Waals surface area contributed by atoms with E-state index in [4.69, 9.17) is 14.0 Å². The van der Waals surface area contributed by atoms with Crippen LogP contribution in [0.4, 0.5) is 0 Å². The highest BCUT2D eigenvalue weighted by Gasteiger charge is 2.08. The third-order valence-corrected chi connectivity index (χ3v) is 3.96. The zero-order valence-corrected chi connectivity index (χ0v) is 15.2. The predicted molar refractivity (Wildman–Crippen MR) is 102 cm³/mol. The molecule has 1 heterocycles. The molecule has 0 saturated carbocycles. The molecule has 0 saturated heterocycles. The molecule has 3 aromatic rings. The number of methoxy groups -OCH3 is 1. The second-order valence-electron chi connectivity index (χ2n) is 5.93. The molecule has 0 bridgehead atoms. The highest BCUT2D eigenvalue weighted by atomic mass is 16.5. The van der Waals surface area contributed by atoms with E-state index in [1.54, 1.807) is 7.11 Å². The number of nitrogens with zero attached hydrogens (tertiary/aromatic N) is 1. The Balaban J connectivity index is 1.40. The summed E-state index contributed by atoms with van der Waals surface area (Å²) in [4.78, 5) is 11.9. The molecular formula is C21H22N2O4. The molecule has 6 heteroatoms. The summed E-state index contributed by atoms with van der Waals surface area (Å²) in [6.07, 6.45) is 0.904. The Bertz CT molecular complexity index is 861. The second kappa shape index (κ2) is 9.43. The van der Waals surface area contributed by atoms with E-state index in [1.165, 1.54) is 0 Å². The molecule has 1 N–H and O–H groups in total. The Kier molecular flexibility index (Phi) is 6.46. The summed E-state index contributed by atoms with van der Waals surface area (Å²) in [5.74, 6) is 2.14. The summed E-state index contributed by atoms with van der Waals surface area (Å²) in [6.45, 7) is 0.841. The molecule has 0 fully saturated rings. The first kappa shape index (κ1) is 18.5. The van der Waals surface area contributed by atoms with Crippen molar-refractivity contribution in [3.05, 3.63) is 66.4 Å². The highest BCUT2D eigenvalue weighted by molar-refractivity contribution is 5.76. The summed E-state index contributed by atoms with van der Waals surface area (Å²) in [7, 11) is 1.62. The van der Waals surface area contributed by atoms with E-state index in [1.807, 2.05) is 60.7 Å². The van der Waals surface area contributed by atoms with Gasteiger partial charge in [0, 0.05) is 24.6 Å².